The molecule has 0 N–H and O–H groups in total. The van der Waals surface area contributed by atoms with Crippen LogP contribution in [-0.4, -0.2) is 24.7 Å². The largest absolute Gasteiger partial charge is 1.00 e. The molecule has 2 nitrogen and oxygen atoms in total. The van der Waals surface area contributed by atoms with Crippen LogP contribution in [0.4, 0.5) is 0 Å². The molecule has 0 rings (SSSR count). The van der Waals surface area contributed by atoms with Crippen LogP contribution in [0.3, 0.4) is 0 Å². The molecule has 107 valence electrons. The smallest absolute Gasteiger partial charge is 0.160 e. The Morgan fingerprint density at radius 1 is 0.647 bits per heavy atom. The summed E-state index contributed by atoms with van der Waals surface area (Å²) >= 11 is 0. The van der Waals surface area contributed by atoms with Gasteiger partial charge < -0.3 is 29.5 Å². The summed E-state index contributed by atoms with van der Waals surface area (Å²) in [5, 5.41) is 8.66. The summed E-state index contributed by atoms with van der Waals surface area (Å²) in [7, 11) is -3.82. The summed E-state index contributed by atoms with van der Waals surface area (Å²) in [5.41, 5.74) is 0. The van der Waals surface area contributed by atoms with Gasteiger partial charge in [-0.1, -0.05) is 75.4 Å². The maximum atomic E-state index is 8.66. The van der Waals surface area contributed by atoms with Gasteiger partial charge in [0.05, 0.1) is 0 Å². The molecule has 0 saturated carbocycles. The molecule has 0 spiro atoms. The van der Waals surface area contributed by atoms with Crippen molar-refractivity contribution in [2.45, 2.75) is 58.9 Å². The summed E-state index contributed by atoms with van der Waals surface area (Å²) < 4.78 is 4.82. The second-order valence-electron chi connectivity index (χ2n) is 6.62. The predicted molar refractivity (Wildman–Crippen MR) is 75.5 cm³/mol. The Balaban J connectivity index is -0.0000000533. The molecule has 0 atom stereocenters. The van der Waals surface area contributed by atoms with E-state index in [9.17, 15) is 0 Å². The van der Waals surface area contributed by atoms with E-state index < -0.39 is 24.7 Å². The molecule has 0 aliphatic carbocycles. The SMILES string of the molecule is C[Si](C)(C)[N-][Si](C)(C)C.C[Si](C)(C)[N].[Cl-].[Cl-].[Ta]. The van der Waals surface area contributed by atoms with Crippen molar-refractivity contribution < 1.29 is 47.2 Å². The third kappa shape index (κ3) is 72.6. The Morgan fingerprint density at radius 2 is 0.765 bits per heavy atom. The Hall–Kier alpha value is 1.89. The van der Waals surface area contributed by atoms with Gasteiger partial charge in [-0.15, -0.1) is 0 Å². The van der Waals surface area contributed by atoms with E-state index in [0.717, 1.165) is 0 Å². The van der Waals surface area contributed by atoms with Crippen LogP contribution in [0, 0.1) is 0 Å². The molecule has 0 aromatic heterocycles. The molecule has 0 amide bonds. The van der Waals surface area contributed by atoms with Gasteiger partial charge in [0.25, 0.3) is 0 Å². The minimum Gasteiger partial charge on any atom is -1.00 e. The first-order valence-electron chi connectivity index (χ1n) is 5.17. The van der Waals surface area contributed by atoms with Crippen molar-refractivity contribution >= 4 is 24.7 Å². The number of hydrogen-bond donors (Lipinski definition) is 0. The first-order valence-corrected chi connectivity index (χ1v) is 15.5. The fraction of sp³-hybridized carbons (Fsp3) is 1.00. The topological polar surface area (TPSA) is 36.4 Å². The molecule has 0 saturated heterocycles. The summed E-state index contributed by atoms with van der Waals surface area (Å²) in [6.45, 7) is 19.4. The van der Waals surface area contributed by atoms with Crippen LogP contribution >= 0.6 is 0 Å². The van der Waals surface area contributed by atoms with Gasteiger partial charge in [-0.25, -0.2) is 0 Å². The third-order valence-electron chi connectivity index (χ3n) is 0.671. The van der Waals surface area contributed by atoms with E-state index in [2.05, 4.69) is 39.3 Å². The van der Waals surface area contributed by atoms with Gasteiger partial charge in [-0.3, -0.25) is 0 Å². The van der Waals surface area contributed by atoms with Gasteiger partial charge in [-0.05, 0) is 0 Å². The van der Waals surface area contributed by atoms with Crippen LogP contribution in [0.1, 0.15) is 0 Å². The summed E-state index contributed by atoms with van der Waals surface area (Å²) in [6.07, 6.45) is 0. The van der Waals surface area contributed by atoms with E-state index in [1.54, 1.807) is 0 Å². The van der Waals surface area contributed by atoms with E-state index in [1.807, 2.05) is 19.6 Å². The maximum Gasteiger partial charge on any atom is 0.160 e. The molecular weight excluding hydrogens is 472 g/mol. The number of nitrogens with zero attached hydrogens (tertiary/aromatic N) is 2. The Morgan fingerprint density at radius 3 is 0.765 bits per heavy atom. The van der Waals surface area contributed by atoms with Crippen molar-refractivity contribution in [2.24, 2.45) is 0 Å². The van der Waals surface area contributed by atoms with E-state index in [1.165, 1.54) is 0 Å². The van der Waals surface area contributed by atoms with Gasteiger partial charge in [0.15, 0.2) is 8.24 Å². The second-order valence-corrected chi connectivity index (χ2v) is 20.5. The molecule has 0 aliphatic rings. The van der Waals surface area contributed by atoms with E-state index in [4.69, 9.17) is 10.0 Å². The zero-order valence-corrected chi connectivity index (χ0v) is 20.3. The number of halogens is 2. The van der Waals surface area contributed by atoms with Crippen LogP contribution in [0.15, 0.2) is 0 Å². The van der Waals surface area contributed by atoms with Gasteiger partial charge in [0, 0.05) is 22.4 Å². The van der Waals surface area contributed by atoms with Gasteiger partial charge in [0.2, 0.25) is 0 Å². The van der Waals surface area contributed by atoms with Gasteiger partial charge >= 0.3 is 0 Å². The Labute approximate surface area is 140 Å². The Kier molecular flexibility index (Phi) is 21.6. The minimum atomic E-state index is -1.61. The molecular formula is C9H27Cl2N2Si3Ta-3. The monoisotopic (exact) mass is 498 g/mol. The molecule has 0 heterocycles. The van der Waals surface area contributed by atoms with Crippen LogP contribution < -0.4 is 30.2 Å². The molecule has 0 unspecified atom stereocenters. The summed E-state index contributed by atoms with van der Waals surface area (Å²) in [5.74, 6) is 0. The minimum absolute atomic E-state index is 0. The van der Waals surface area contributed by atoms with Gasteiger partial charge in [-0.2, -0.15) is 5.40 Å². The summed E-state index contributed by atoms with van der Waals surface area (Å²) in [6, 6.07) is 0. The summed E-state index contributed by atoms with van der Waals surface area (Å²) in [4.78, 5) is 0. The van der Waals surface area contributed by atoms with Crippen molar-refractivity contribution in [2.75, 3.05) is 0 Å². The van der Waals surface area contributed by atoms with E-state index in [-0.39, 0.29) is 47.2 Å². The predicted octanol–water partition coefficient (Wildman–Crippen LogP) is -2.07. The molecule has 0 aromatic carbocycles. The normalized spacial score (nSPS) is 10.9. The first-order chi connectivity index (χ1) is 5.71. The van der Waals surface area contributed by atoms with E-state index >= 15 is 0 Å². The maximum absolute atomic E-state index is 8.66. The fourth-order valence-electron chi connectivity index (χ4n) is 1.01. The fourth-order valence-corrected chi connectivity index (χ4v) is 9.06. The molecule has 3 radical (unpaired) electrons. The zero-order chi connectivity index (χ0) is 12.2. The zero-order valence-electron chi connectivity index (χ0n) is 12.6. The number of hydrogen-bond acceptors (Lipinski definition) is 0. The van der Waals surface area contributed by atoms with Crippen LogP contribution in [0.2, 0.25) is 58.9 Å². The molecule has 17 heavy (non-hydrogen) atoms. The molecule has 0 bridgehead atoms. The second kappa shape index (κ2) is 11.7. The average Bonchev–Trinajstić information content (AvgIpc) is 1.42. The molecule has 0 aliphatic heterocycles. The van der Waals surface area contributed by atoms with Gasteiger partial charge in [0.1, 0.15) is 0 Å². The van der Waals surface area contributed by atoms with Crippen LogP contribution in [0.25, 0.3) is 4.65 Å². The van der Waals surface area contributed by atoms with Crippen molar-refractivity contribution in [3.05, 3.63) is 4.65 Å². The van der Waals surface area contributed by atoms with Crippen molar-refractivity contribution in [1.82, 2.24) is 5.40 Å². The van der Waals surface area contributed by atoms with Crippen LogP contribution in [-0.2, 0) is 22.4 Å². The molecule has 8 heteroatoms. The average molecular weight is 499 g/mol. The van der Waals surface area contributed by atoms with Crippen LogP contribution in [0.5, 0.6) is 0 Å². The van der Waals surface area contributed by atoms with E-state index in [0.29, 0.717) is 0 Å². The Bertz CT molecular complexity index is 147. The first kappa shape index (κ1) is 31.3. The quantitative estimate of drug-likeness (QED) is 0.392. The standard InChI is InChI=1S/C6H18NSi2.C3H9NSi.2ClH.Ta/c1-8(2,3)7-9(4,5)6;1-5(2,3)4;;;/h1-6H3;1-3H3;2*1H;/q-1;;;;/p-2. The molecule has 0 fully saturated rings. The molecule has 0 aromatic rings. The third-order valence-corrected chi connectivity index (χ3v) is 6.04. The van der Waals surface area contributed by atoms with Crippen molar-refractivity contribution in [1.29, 1.82) is 0 Å². The van der Waals surface area contributed by atoms with Crippen molar-refractivity contribution in [3.63, 3.8) is 0 Å². The van der Waals surface area contributed by atoms with Crippen molar-refractivity contribution in [3.8, 4) is 0 Å². The number of rotatable bonds is 2.